The van der Waals surface area contributed by atoms with E-state index < -0.39 is 0 Å². The first-order valence-corrected chi connectivity index (χ1v) is 10.0. The maximum absolute atomic E-state index is 6.36. The van der Waals surface area contributed by atoms with Crippen molar-refractivity contribution in [1.29, 1.82) is 0 Å². The van der Waals surface area contributed by atoms with Gasteiger partial charge < -0.3 is 22.2 Å². The molecule has 0 amide bonds. The molecular weight excluding hydrogens is 398 g/mol. The molecule has 1 aromatic heterocycles. The fraction of sp³-hybridized carbons (Fsp3) is 0. The minimum atomic E-state index is 0.302. The number of fused-ring (bicyclic) bond motifs is 2. The van der Waals surface area contributed by atoms with Crippen LogP contribution in [0.4, 0.5) is 11.6 Å². The molecule has 0 atom stereocenters. The molecule has 0 aliphatic carbocycles. The number of H-pyrrole nitrogens is 1. The van der Waals surface area contributed by atoms with Gasteiger partial charge in [0.1, 0.15) is 17.5 Å². The van der Waals surface area contributed by atoms with Crippen LogP contribution in [-0.4, -0.2) is 22.5 Å². The fourth-order valence-electron chi connectivity index (χ4n) is 3.81. The Morgan fingerprint density at radius 1 is 0.812 bits per heavy atom. The van der Waals surface area contributed by atoms with Crippen LogP contribution < -0.4 is 17.2 Å². The molecule has 2 heterocycles. The summed E-state index contributed by atoms with van der Waals surface area (Å²) in [4.78, 5) is 17.2. The molecule has 0 spiro atoms. The van der Waals surface area contributed by atoms with Crippen LogP contribution in [0, 0.1) is 0 Å². The van der Waals surface area contributed by atoms with Crippen LogP contribution in [-0.2, 0) is 0 Å². The predicted molar refractivity (Wildman–Crippen MR) is 132 cm³/mol. The molecule has 0 bridgehead atoms. The standard InChI is InChI=1S/C25H21N7/c1-14(26)15-8-2-3-9-16(15)21(27)29-24-19-12-6-7-13-20(19)25(32-24)31-23-18-11-5-4-10-17(18)22(28)30-23/h2-13,30H,1,26,28H2,(H2,27,29,31,32). The Hall–Kier alpha value is -4.65. The Balaban J connectivity index is 1.63. The largest absolute Gasteiger partial charge is 0.399 e. The monoisotopic (exact) mass is 419 g/mol. The highest BCUT2D eigenvalue weighted by Crippen LogP contribution is 2.32. The van der Waals surface area contributed by atoms with Gasteiger partial charge in [0, 0.05) is 38.7 Å². The minimum Gasteiger partial charge on any atom is -0.399 e. The second-order valence-electron chi connectivity index (χ2n) is 7.42. The summed E-state index contributed by atoms with van der Waals surface area (Å²) in [5, 5.41) is 1.85. The molecule has 7 N–H and O–H groups in total. The van der Waals surface area contributed by atoms with Crippen LogP contribution >= 0.6 is 0 Å². The second kappa shape index (κ2) is 7.55. The third-order valence-corrected chi connectivity index (χ3v) is 5.34. The Morgan fingerprint density at radius 3 is 2.19 bits per heavy atom. The van der Waals surface area contributed by atoms with E-state index >= 15 is 0 Å². The third-order valence-electron chi connectivity index (χ3n) is 5.34. The van der Waals surface area contributed by atoms with E-state index in [9.17, 15) is 0 Å². The van der Waals surface area contributed by atoms with Crippen molar-refractivity contribution < 1.29 is 0 Å². The molecule has 5 rings (SSSR count). The number of nitrogens with two attached hydrogens (primary N) is 3. The van der Waals surface area contributed by atoms with E-state index in [4.69, 9.17) is 27.2 Å². The van der Waals surface area contributed by atoms with Gasteiger partial charge >= 0.3 is 0 Å². The summed E-state index contributed by atoms with van der Waals surface area (Å²) in [7, 11) is 0. The average molecular weight is 419 g/mol. The maximum Gasteiger partial charge on any atom is 0.164 e. The molecule has 4 aromatic rings. The number of anilines is 1. The summed E-state index contributed by atoms with van der Waals surface area (Å²) in [6, 6.07) is 23.1. The normalized spacial score (nSPS) is 14.6. The van der Waals surface area contributed by atoms with E-state index in [1.165, 1.54) is 0 Å². The quantitative estimate of drug-likeness (QED) is 0.296. The number of hydrogen-bond donors (Lipinski definition) is 4. The SMILES string of the molecule is C=C(N)c1ccccc1C(N)=NC1=NC(=Nc2[nH]c(N)c3ccccc23)c2ccccc21. The molecular formula is C25H21N7. The zero-order chi connectivity index (χ0) is 22.2. The maximum atomic E-state index is 6.36. The number of nitrogens with zero attached hydrogens (tertiary/aromatic N) is 3. The Bertz CT molecular complexity index is 1470. The summed E-state index contributed by atoms with van der Waals surface area (Å²) in [6.07, 6.45) is 0. The minimum absolute atomic E-state index is 0.302. The molecule has 0 fully saturated rings. The molecule has 7 nitrogen and oxygen atoms in total. The number of hydrogen-bond acceptors (Lipinski definition) is 4. The van der Waals surface area contributed by atoms with E-state index in [0.29, 0.717) is 40.4 Å². The number of nitrogen functional groups attached to an aromatic ring is 1. The van der Waals surface area contributed by atoms with Crippen molar-refractivity contribution in [2.75, 3.05) is 5.73 Å². The Kier molecular flexibility index (Phi) is 4.56. The lowest BCUT2D eigenvalue weighted by Crippen LogP contribution is -2.18. The molecule has 7 heteroatoms. The van der Waals surface area contributed by atoms with Crippen molar-refractivity contribution in [2.45, 2.75) is 0 Å². The van der Waals surface area contributed by atoms with Gasteiger partial charge in [0.15, 0.2) is 11.7 Å². The molecule has 0 radical (unpaired) electrons. The summed E-state index contributed by atoms with van der Waals surface area (Å²) in [5.41, 5.74) is 22.0. The van der Waals surface area contributed by atoms with Crippen LogP contribution in [0.3, 0.4) is 0 Å². The average Bonchev–Trinajstić information content (AvgIpc) is 3.31. The number of aliphatic imine (C=N–C) groups is 3. The zero-order valence-electron chi connectivity index (χ0n) is 17.2. The molecule has 1 aliphatic rings. The van der Waals surface area contributed by atoms with Crippen LogP contribution in [0.2, 0.25) is 0 Å². The highest BCUT2D eigenvalue weighted by atomic mass is 15.1. The molecule has 0 unspecified atom stereocenters. The van der Waals surface area contributed by atoms with Crippen molar-refractivity contribution in [3.8, 4) is 0 Å². The van der Waals surface area contributed by atoms with E-state index in [1.54, 1.807) is 0 Å². The van der Waals surface area contributed by atoms with Crippen molar-refractivity contribution in [3.63, 3.8) is 0 Å². The second-order valence-corrected chi connectivity index (χ2v) is 7.42. The van der Waals surface area contributed by atoms with Gasteiger partial charge in [0.25, 0.3) is 0 Å². The first-order chi connectivity index (χ1) is 15.5. The van der Waals surface area contributed by atoms with Gasteiger partial charge in [-0.15, -0.1) is 0 Å². The molecule has 1 aliphatic heterocycles. The molecule has 0 saturated heterocycles. The Morgan fingerprint density at radius 2 is 1.44 bits per heavy atom. The smallest absolute Gasteiger partial charge is 0.164 e. The number of benzene rings is 3. The van der Waals surface area contributed by atoms with Gasteiger partial charge in [-0.1, -0.05) is 79.4 Å². The Labute approximate surface area is 184 Å². The number of aromatic nitrogens is 1. The van der Waals surface area contributed by atoms with Crippen LogP contribution in [0.25, 0.3) is 16.5 Å². The topological polar surface area (TPSA) is 131 Å². The van der Waals surface area contributed by atoms with Gasteiger partial charge in [0.05, 0.1) is 0 Å². The molecule has 32 heavy (non-hydrogen) atoms. The summed E-state index contributed by atoms with van der Waals surface area (Å²) in [5.74, 6) is 2.54. The van der Waals surface area contributed by atoms with Crippen LogP contribution in [0.5, 0.6) is 0 Å². The number of amidine groups is 3. The van der Waals surface area contributed by atoms with Crippen molar-refractivity contribution >= 4 is 45.6 Å². The lowest BCUT2D eigenvalue weighted by molar-refractivity contribution is 1.34. The van der Waals surface area contributed by atoms with Crippen LogP contribution in [0.15, 0.2) is 94.4 Å². The van der Waals surface area contributed by atoms with Gasteiger partial charge in [0.2, 0.25) is 0 Å². The van der Waals surface area contributed by atoms with E-state index in [2.05, 4.69) is 16.6 Å². The number of nitrogens with one attached hydrogen (secondary N) is 1. The lowest BCUT2D eigenvalue weighted by atomic mass is 10.0. The van der Waals surface area contributed by atoms with Gasteiger partial charge in [-0.2, -0.15) is 0 Å². The zero-order valence-corrected chi connectivity index (χ0v) is 17.2. The van der Waals surface area contributed by atoms with Gasteiger partial charge in [-0.05, 0) is 0 Å². The number of aromatic amines is 1. The van der Waals surface area contributed by atoms with E-state index in [0.717, 1.165) is 27.5 Å². The molecule has 156 valence electrons. The molecule has 3 aromatic carbocycles. The summed E-state index contributed by atoms with van der Waals surface area (Å²) >= 11 is 0. The van der Waals surface area contributed by atoms with Gasteiger partial charge in [-0.3, -0.25) is 0 Å². The van der Waals surface area contributed by atoms with Crippen molar-refractivity contribution in [3.05, 3.63) is 102 Å². The predicted octanol–water partition coefficient (Wildman–Crippen LogP) is 3.92. The van der Waals surface area contributed by atoms with E-state index in [-0.39, 0.29) is 0 Å². The fourth-order valence-corrected chi connectivity index (χ4v) is 3.81. The van der Waals surface area contributed by atoms with Crippen molar-refractivity contribution in [2.24, 2.45) is 26.4 Å². The summed E-state index contributed by atoms with van der Waals surface area (Å²) < 4.78 is 0. The highest BCUT2D eigenvalue weighted by molar-refractivity contribution is 6.26. The lowest BCUT2D eigenvalue weighted by Gasteiger charge is -2.08. The highest BCUT2D eigenvalue weighted by Gasteiger charge is 2.22. The van der Waals surface area contributed by atoms with Gasteiger partial charge in [-0.25, -0.2) is 15.0 Å². The van der Waals surface area contributed by atoms with Crippen molar-refractivity contribution in [1.82, 2.24) is 4.98 Å². The summed E-state index contributed by atoms with van der Waals surface area (Å²) in [6.45, 7) is 3.83. The molecule has 0 saturated carbocycles. The first kappa shape index (κ1) is 19.3. The van der Waals surface area contributed by atoms with E-state index in [1.807, 2.05) is 72.8 Å². The third kappa shape index (κ3) is 3.22. The first-order valence-electron chi connectivity index (χ1n) is 10.0. The number of rotatable bonds is 3. The van der Waals surface area contributed by atoms with Crippen LogP contribution in [0.1, 0.15) is 22.3 Å².